The van der Waals surface area contributed by atoms with Crippen LogP contribution in [0.5, 0.6) is 0 Å². The molecular weight excluding hydrogens is 293 g/mol. The number of hydrogen-bond donors (Lipinski definition) is 1. The minimum atomic E-state index is -0.364. The van der Waals surface area contributed by atoms with Crippen LogP contribution >= 0.6 is 11.6 Å². The number of nitrogens with zero attached hydrogens (tertiary/aromatic N) is 2. The summed E-state index contributed by atoms with van der Waals surface area (Å²) in [4.78, 5) is 4.31. The van der Waals surface area contributed by atoms with Gasteiger partial charge in [0.15, 0.2) is 5.82 Å². The molecule has 0 amide bonds. The van der Waals surface area contributed by atoms with E-state index in [0.717, 1.165) is 12.0 Å². The fraction of sp³-hybridized carbons (Fsp3) is 0.467. The molecule has 1 aromatic carbocycles. The Balaban J connectivity index is 1.99. The maximum Gasteiger partial charge on any atom is 0.228 e. The first-order valence-electron chi connectivity index (χ1n) is 6.95. The molecule has 0 bridgehead atoms. The van der Waals surface area contributed by atoms with Crippen LogP contribution in [0.3, 0.4) is 0 Å². The van der Waals surface area contributed by atoms with Crippen molar-refractivity contribution in [3.05, 3.63) is 46.3 Å². The molecule has 21 heavy (non-hydrogen) atoms. The van der Waals surface area contributed by atoms with E-state index in [2.05, 4.69) is 24.0 Å². The first-order chi connectivity index (χ1) is 9.94. The van der Waals surface area contributed by atoms with Gasteiger partial charge in [0.2, 0.25) is 5.89 Å². The van der Waals surface area contributed by atoms with Crippen LogP contribution in [-0.4, -0.2) is 16.2 Å². The molecule has 2 rings (SSSR count). The average molecular weight is 312 g/mol. The van der Waals surface area contributed by atoms with E-state index in [1.54, 1.807) is 6.07 Å². The molecule has 0 fully saturated rings. The minimum Gasteiger partial charge on any atom is -0.339 e. The SMILES string of the molecule is CC(C)CC(N)Cc1nc(Cc2ccc(F)cc2Cl)no1. The molecular formula is C15H19ClFN3O. The highest BCUT2D eigenvalue weighted by Gasteiger charge is 2.13. The van der Waals surface area contributed by atoms with Gasteiger partial charge in [-0.15, -0.1) is 0 Å². The number of halogens is 2. The largest absolute Gasteiger partial charge is 0.339 e. The second-order valence-electron chi connectivity index (χ2n) is 5.61. The lowest BCUT2D eigenvalue weighted by Gasteiger charge is -2.10. The lowest BCUT2D eigenvalue weighted by Crippen LogP contribution is -2.24. The van der Waals surface area contributed by atoms with Crippen molar-refractivity contribution >= 4 is 11.6 Å². The zero-order valence-electron chi connectivity index (χ0n) is 12.1. The van der Waals surface area contributed by atoms with Gasteiger partial charge in [0.05, 0.1) is 0 Å². The number of nitrogens with two attached hydrogens (primary N) is 1. The van der Waals surface area contributed by atoms with Crippen molar-refractivity contribution in [2.45, 2.75) is 39.2 Å². The molecule has 1 aromatic heterocycles. The molecule has 1 heterocycles. The first kappa shape index (κ1) is 15.9. The van der Waals surface area contributed by atoms with E-state index in [9.17, 15) is 4.39 Å². The van der Waals surface area contributed by atoms with Gasteiger partial charge in [-0.25, -0.2) is 4.39 Å². The standard InChI is InChI=1S/C15H19ClFN3O/c1-9(2)5-12(18)8-15-19-14(20-21-15)6-10-3-4-11(17)7-13(10)16/h3-4,7,9,12H,5-6,8,18H2,1-2H3. The van der Waals surface area contributed by atoms with Crippen LogP contribution in [0.2, 0.25) is 5.02 Å². The third-order valence-corrected chi connectivity index (χ3v) is 3.44. The lowest BCUT2D eigenvalue weighted by atomic mass is 10.0. The summed E-state index contributed by atoms with van der Waals surface area (Å²) in [5.41, 5.74) is 6.78. The summed E-state index contributed by atoms with van der Waals surface area (Å²) in [6, 6.07) is 4.27. The molecule has 0 aliphatic rings. The molecule has 0 aliphatic carbocycles. The van der Waals surface area contributed by atoms with Gasteiger partial charge in [-0.2, -0.15) is 4.98 Å². The normalized spacial score (nSPS) is 12.9. The molecule has 6 heteroatoms. The van der Waals surface area contributed by atoms with Crippen LogP contribution in [0.1, 0.15) is 37.5 Å². The van der Waals surface area contributed by atoms with Gasteiger partial charge in [0.25, 0.3) is 0 Å². The highest BCUT2D eigenvalue weighted by molar-refractivity contribution is 6.31. The molecule has 2 N–H and O–H groups in total. The molecule has 114 valence electrons. The van der Waals surface area contributed by atoms with Gasteiger partial charge in [0, 0.05) is 23.9 Å². The van der Waals surface area contributed by atoms with Crippen LogP contribution in [0, 0.1) is 11.7 Å². The van der Waals surface area contributed by atoms with E-state index in [-0.39, 0.29) is 11.9 Å². The van der Waals surface area contributed by atoms with Gasteiger partial charge in [-0.1, -0.05) is 36.7 Å². The summed E-state index contributed by atoms with van der Waals surface area (Å²) in [5.74, 6) is 1.21. The van der Waals surface area contributed by atoms with Crippen molar-refractivity contribution in [3.63, 3.8) is 0 Å². The van der Waals surface area contributed by atoms with Crippen molar-refractivity contribution in [2.75, 3.05) is 0 Å². The molecule has 0 saturated heterocycles. The van der Waals surface area contributed by atoms with Crippen molar-refractivity contribution in [1.29, 1.82) is 0 Å². The molecule has 0 radical (unpaired) electrons. The molecule has 1 unspecified atom stereocenters. The molecule has 4 nitrogen and oxygen atoms in total. The van der Waals surface area contributed by atoms with Gasteiger partial charge in [-0.05, 0) is 30.0 Å². The molecule has 0 aliphatic heterocycles. The molecule has 1 atom stereocenters. The van der Waals surface area contributed by atoms with Crippen LogP contribution in [0.4, 0.5) is 4.39 Å². The Morgan fingerprint density at radius 2 is 2.14 bits per heavy atom. The Morgan fingerprint density at radius 3 is 2.81 bits per heavy atom. The highest BCUT2D eigenvalue weighted by Crippen LogP contribution is 2.19. The van der Waals surface area contributed by atoms with Crippen LogP contribution in [0.15, 0.2) is 22.7 Å². The Kier molecular flexibility index (Phi) is 5.31. The number of hydrogen-bond acceptors (Lipinski definition) is 4. The van der Waals surface area contributed by atoms with Crippen molar-refractivity contribution < 1.29 is 8.91 Å². The number of benzene rings is 1. The van der Waals surface area contributed by atoms with Crippen LogP contribution < -0.4 is 5.73 Å². The minimum absolute atomic E-state index is 0.00714. The lowest BCUT2D eigenvalue weighted by molar-refractivity contribution is 0.355. The summed E-state index contributed by atoms with van der Waals surface area (Å²) >= 11 is 5.98. The van der Waals surface area contributed by atoms with Crippen LogP contribution in [0.25, 0.3) is 0 Å². The fourth-order valence-electron chi connectivity index (χ4n) is 2.19. The smallest absolute Gasteiger partial charge is 0.228 e. The number of aromatic nitrogens is 2. The third-order valence-electron chi connectivity index (χ3n) is 3.08. The predicted octanol–water partition coefficient (Wildman–Crippen LogP) is 3.37. The monoisotopic (exact) mass is 311 g/mol. The van der Waals surface area contributed by atoms with E-state index in [4.69, 9.17) is 21.9 Å². The van der Waals surface area contributed by atoms with Crippen molar-refractivity contribution in [2.24, 2.45) is 11.7 Å². The summed E-state index contributed by atoms with van der Waals surface area (Å²) in [5, 5.41) is 4.27. The fourth-order valence-corrected chi connectivity index (χ4v) is 2.43. The molecule has 0 saturated carbocycles. The summed E-state index contributed by atoms with van der Waals surface area (Å²) in [6.07, 6.45) is 1.87. The Morgan fingerprint density at radius 1 is 1.38 bits per heavy atom. The predicted molar refractivity (Wildman–Crippen MR) is 79.6 cm³/mol. The Bertz CT molecular complexity index is 600. The van der Waals surface area contributed by atoms with Crippen molar-refractivity contribution in [3.8, 4) is 0 Å². The maximum atomic E-state index is 13.0. The van der Waals surface area contributed by atoms with Crippen molar-refractivity contribution in [1.82, 2.24) is 10.1 Å². The quantitative estimate of drug-likeness (QED) is 0.888. The summed E-state index contributed by atoms with van der Waals surface area (Å²) < 4.78 is 18.2. The zero-order chi connectivity index (χ0) is 15.4. The Hall–Kier alpha value is -1.46. The first-order valence-corrected chi connectivity index (χ1v) is 7.32. The van der Waals surface area contributed by atoms with E-state index < -0.39 is 0 Å². The highest BCUT2D eigenvalue weighted by atomic mass is 35.5. The van der Waals surface area contributed by atoms with E-state index in [0.29, 0.717) is 35.5 Å². The second kappa shape index (κ2) is 7.00. The van der Waals surface area contributed by atoms with E-state index >= 15 is 0 Å². The second-order valence-corrected chi connectivity index (χ2v) is 6.02. The average Bonchev–Trinajstić information content (AvgIpc) is 2.79. The Labute approximate surface area is 128 Å². The third kappa shape index (κ3) is 4.79. The summed E-state index contributed by atoms with van der Waals surface area (Å²) in [7, 11) is 0. The maximum absolute atomic E-state index is 13.0. The van der Waals surface area contributed by atoms with Gasteiger partial charge in [-0.3, -0.25) is 0 Å². The van der Waals surface area contributed by atoms with Gasteiger partial charge in [0.1, 0.15) is 5.82 Å². The molecule has 0 spiro atoms. The summed E-state index contributed by atoms with van der Waals surface area (Å²) in [6.45, 7) is 4.24. The van der Waals surface area contributed by atoms with Gasteiger partial charge < -0.3 is 10.3 Å². The topological polar surface area (TPSA) is 64.9 Å². The van der Waals surface area contributed by atoms with Crippen LogP contribution in [-0.2, 0) is 12.8 Å². The zero-order valence-corrected chi connectivity index (χ0v) is 12.9. The number of rotatable bonds is 6. The van der Waals surface area contributed by atoms with E-state index in [1.807, 2.05) is 0 Å². The molecule has 2 aromatic rings. The van der Waals surface area contributed by atoms with E-state index in [1.165, 1.54) is 12.1 Å². The van der Waals surface area contributed by atoms with Gasteiger partial charge >= 0.3 is 0 Å².